The number of fused-ring (bicyclic) bond motifs is 1. The number of hydrogen-bond acceptors (Lipinski definition) is 2. The molecule has 0 saturated heterocycles. The molecule has 1 heterocycles. The summed E-state index contributed by atoms with van der Waals surface area (Å²) in [6, 6.07) is 8.37. The van der Waals surface area contributed by atoms with Crippen molar-refractivity contribution in [2.75, 3.05) is 0 Å². The second-order valence-corrected chi connectivity index (χ2v) is 5.20. The first-order chi connectivity index (χ1) is 7.12. The molecule has 0 amide bonds. The fraction of sp³-hybridized carbons (Fsp3) is 0.385. The Kier molecular flexibility index (Phi) is 2.81. The van der Waals surface area contributed by atoms with Gasteiger partial charge in [0.15, 0.2) is 0 Å². The zero-order valence-electron chi connectivity index (χ0n) is 9.16. The highest BCUT2D eigenvalue weighted by Crippen LogP contribution is 2.29. The van der Waals surface area contributed by atoms with Crippen molar-refractivity contribution in [3.8, 4) is 0 Å². The lowest BCUT2D eigenvalue weighted by atomic mass is 9.94. The van der Waals surface area contributed by atoms with Gasteiger partial charge in [0.1, 0.15) is 0 Å². The van der Waals surface area contributed by atoms with Crippen LogP contribution < -0.4 is 0 Å². The summed E-state index contributed by atoms with van der Waals surface area (Å²) < 4.78 is 1.31. The minimum atomic E-state index is -0.580. The fourth-order valence-corrected chi connectivity index (χ4v) is 2.67. The minimum Gasteiger partial charge on any atom is -0.390 e. The van der Waals surface area contributed by atoms with E-state index in [2.05, 4.69) is 29.6 Å². The van der Waals surface area contributed by atoms with Crippen molar-refractivity contribution in [2.24, 2.45) is 0 Å². The second kappa shape index (κ2) is 3.95. The quantitative estimate of drug-likeness (QED) is 0.838. The lowest BCUT2D eigenvalue weighted by Crippen LogP contribution is -2.25. The Labute approximate surface area is 94.4 Å². The average Bonchev–Trinajstić information content (AvgIpc) is 2.62. The van der Waals surface area contributed by atoms with Crippen LogP contribution in [0.4, 0.5) is 0 Å². The van der Waals surface area contributed by atoms with Gasteiger partial charge in [0.05, 0.1) is 5.60 Å². The van der Waals surface area contributed by atoms with Crippen LogP contribution in [0.5, 0.6) is 0 Å². The van der Waals surface area contributed by atoms with Gasteiger partial charge in [-0.15, -0.1) is 11.3 Å². The second-order valence-electron chi connectivity index (χ2n) is 4.28. The summed E-state index contributed by atoms with van der Waals surface area (Å²) in [6.07, 6.45) is 1.53. The van der Waals surface area contributed by atoms with Gasteiger partial charge in [-0.25, -0.2) is 0 Å². The van der Waals surface area contributed by atoms with Gasteiger partial charge >= 0.3 is 0 Å². The van der Waals surface area contributed by atoms with Crippen LogP contribution in [-0.2, 0) is 6.42 Å². The lowest BCUT2D eigenvalue weighted by molar-refractivity contribution is 0.0569. The first-order valence-electron chi connectivity index (χ1n) is 5.30. The highest BCUT2D eigenvalue weighted by Gasteiger charge is 2.19. The maximum Gasteiger partial charge on any atom is 0.0657 e. The molecule has 0 aliphatic rings. The van der Waals surface area contributed by atoms with Gasteiger partial charge in [0, 0.05) is 11.1 Å². The first kappa shape index (κ1) is 10.7. The molecular formula is C13H16OS. The monoisotopic (exact) mass is 220 g/mol. The molecule has 15 heavy (non-hydrogen) atoms. The van der Waals surface area contributed by atoms with E-state index >= 15 is 0 Å². The molecule has 1 unspecified atom stereocenters. The van der Waals surface area contributed by atoms with Gasteiger partial charge in [0.25, 0.3) is 0 Å². The van der Waals surface area contributed by atoms with E-state index < -0.39 is 5.60 Å². The van der Waals surface area contributed by atoms with Crippen LogP contribution in [0.15, 0.2) is 29.6 Å². The molecule has 0 bridgehead atoms. The summed E-state index contributed by atoms with van der Waals surface area (Å²) in [5, 5.41) is 13.5. The van der Waals surface area contributed by atoms with Crippen molar-refractivity contribution >= 4 is 21.4 Å². The minimum absolute atomic E-state index is 0.580. The third kappa shape index (κ3) is 2.21. The van der Waals surface area contributed by atoms with Gasteiger partial charge in [0.2, 0.25) is 0 Å². The van der Waals surface area contributed by atoms with E-state index in [-0.39, 0.29) is 0 Å². The van der Waals surface area contributed by atoms with Gasteiger partial charge in [-0.2, -0.15) is 0 Å². The molecular weight excluding hydrogens is 204 g/mol. The molecule has 0 fully saturated rings. The van der Waals surface area contributed by atoms with E-state index in [0.29, 0.717) is 0 Å². The maximum atomic E-state index is 10.1. The summed E-state index contributed by atoms with van der Waals surface area (Å²) in [4.78, 5) is 0. The van der Waals surface area contributed by atoms with E-state index in [4.69, 9.17) is 0 Å². The number of thiophene rings is 1. The molecule has 0 saturated carbocycles. The molecule has 0 aliphatic heterocycles. The predicted molar refractivity (Wildman–Crippen MR) is 66.4 cm³/mol. The maximum absolute atomic E-state index is 10.1. The molecule has 2 heteroatoms. The van der Waals surface area contributed by atoms with Crippen molar-refractivity contribution in [3.05, 3.63) is 35.2 Å². The van der Waals surface area contributed by atoms with Crippen LogP contribution in [-0.4, -0.2) is 10.7 Å². The SMILES string of the molecule is CCC(C)(O)Cc1csc2ccccc12. The number of benzene rings is 1. The van der Waals surface area contributed by atoms with E-state index in [0.717, 1.165) is 12.8 Å². The molecule has 0 radical (unpaired) electrons. The molecule has 1 nitrogen and oxygen atoms in total. The first-order valence-corrected chi connectivity index (χ1v) is 6.18. The van der Waals surface area contributed by atoms with Crippen LogP contribution in [0.2, 0.25) is 0 Å². The largest absolute Gasteiger partial charge is 0.390 e. The average molecular weight is 220 g/mol. The normalized spacial score (nSPS) is 15.4. The molecule has 80 valence electrons. The van der Waals surface area contributed by atoms with Crippen LogP contribution in [0.1, 0.15) is 25.8 Å². The van der Waals surface area contributed by atoms with Crippen molar-refractivity contribution in [1.82, 2.24) is 0 Å². The highest BCUT2D eigenvalue weighted by atomic mass is 32.1. The van der Waals surface area contributed by atoms with Crippen LogP contribution in [0.25, 0.3) is 10.1 Å². The van der Waals surface area contributed by atoms with E-state index in [9.17, 15) is 5.11 Å². The molecule has 2 rings (SSSR count). The Morgan fingerprint density at radius 1 is 1.33 bits per heavy atom. The van der Waals surface area contributed by atoms with Crippen LogP contribution >= 0.6 is 11.3 Å². The number of aliphatic hydroxyl groups is 1. The molecule has 0 spiro atoms. The summed E-state index contributed by atoms with van der Waals surface area (Å²) in [5.41, 5.74) is 0.687. The summed E-state index contributed by atoms with van der Waals surface area (Å²) in [5.74, 6) is 0. The van der Waals surface area contributed by atoms with Gasteiger partial charge < -0.3 is 5.11 Å². The van der Waals surface area contributed by atoms with Gasteiger partial charge in [-0.1, -0.05) is 25.1 Å². The fourth-order valence-electron chi connectivity index (χ4n) is 1.70. The van der Waals surface area contributed by atoms with Gasteiger partial charge in [-0.3, -0.25) is 0 Å². The predicted octanol–water partition coefficient (Wildman–Crippen LogP) is 3.60. The Morgan fingerprint density at radius 3 is 2.80 bits per heavy atom. The van der Waals surface area contributed by atoms with E-state index in [1.807, 2.05) is 13.8 Å². The Morgan fingerprint density at radius 2 is 2.07 bits per heavy atom. The third-order valence-electron chi connectivity index (χ3n) is 2.89. The standard InChI is InChI=1S/C13H16OS/c1-3-13(2,14)8-10-9-15-12-7-5-4-6-11(10)12/h4-7,9,14H,3,8H2,1-2H3. The van der Waals surface area contributed by atoms with Crippen molar-refractivity contribution in [1.29, 1.82) is 0 Å². The molecule has 0 aliphatic carbocycles. The van der Waals surface area contributed by atoms with Crippen LogP contribution in [0, 0.1) is 0 Å². The Hall–Kier alpha value is -0.860. The summed E-state index contributed by atoms with van der Waals surface area (Å²) in [7, 11) is 0. The van der Waals surface area contributed by atoms with E-state index in [1.165, 1.54) is 15.6 Å². The zero-order valence-corrected chi connectivity index (χ0v) is 9.97. The zero-order chi connectivity index (χ0) is 10.9. The highest BCUT2D eigenvalue weighted by molar-refractivity contribution is 7.17. The van der Waals surface area contributed by atoms with Crippen molar-refractivity contribution in [3.63, 3.8) is 0 Å². The van der Waals surface area contributed by atoms with Crippen LogP contribution in [0.3, 0.4) is 0 Å². The molecule has 1 atom stereocenters. The van der Waals surface area contributed by atoms with Crippen molar-refractivity contribution in [2.45, 2.75) is 32.3 Å². The topological polar surface area (TPSA) is 20.2 Å². The molecule has 2 aromatic rings. The molecule has 1 aromatic heterocycles. The number of hydrogen-bond donors (Lipinski definition) is 1. The molecule has 1 N–H and O–H groups in total. The Balaban J connectivity index is 2.37. The number of rotatable bonds is 3. The third-order valence-corrected chi connectivity index (χ3v) is 3.91. The summed E-state index contributed by atoms with van der Waals surface area (Å²) >= 11 is 1.75. The van der Waals surface area contributed by atoms with Gasteiger partial charge in [-0.05, 0) is 35.7 Å². The molecule has 1 aromatic carbocycles. The summed E-state index contributed by atoms with van der Waals surface area (Å²) in [6.45, 7) is 3.92. The Bertz CT molecular complexity index is 456. The van der Waals surface area contributed by atoms with Crippen molar-refractivity contribution < 1.29 is 5.11 Å². The van der Waals surface area contributed by atoms with E-state index in [1.54, 1.807) is 11.3 Å². The lowest BCUT2D eigenvalue weighted by Gasteiger charge is -2.20. The smallest absolute Gasteiger partial charge is 0.0657 e.